The van der Waals surface area contributed by atoms with Crippen LogP contribution in [0.1, 0.15) is 58.1 Å². The van der Waals surface area contributed by atoms with E-state index in [0.717, 1.165) is 46.5 Å². The predicted octanol–water partition coefficient (Wildman–Crippen LogP) is 6.14. The van der Waals surface area contributed by atoms with Crippen LogP contribution in [0.15, 0.2) is 82.6 Å². The van der Waals surface area contributed by atoms with E-state index in [1.54, 1.807) is 36.4 Å². The Balaban J connectivity index is 0.750. The van der Waals surface area contributed by atoms with Gasteiger partial charge in [-0.15, -0.1) is 0 Å². The van der Waals surface area contributed by atoms with Gasteiger partial charge in [0.25, 0.3) is 11.8 Å². The fourth-order valence-corrected chi connectivity index (χ4v) is 12.2. The maximum absolute atomic E-state index is 13.0. The molecule has 2 amide bonds. The third kappa shape index (κ3) is 15.8. The fourth-order valence-electron chi connectivity index (χ4n) is 8.46. The van der Waals surface area contributed by atoms with Crippen LogP contribution in [-0.2, 0) is 61.3 Å². The lowest BCUT2D eigenvalue weighted by atomic mass is 9.85. The molecule has 2 atom stereocenters. The molecule has 0 spiro atoms. The molecule has 2 unspecified atom stereocenters. The number of hydrogen-bond donors (Lipinski definition) is 3. The number of nitrogens with zero attached hydrogens (tertiary/aromatic N) is 2. The van der Waals surface area contributed by atoms with Crippen molar-refractivity contribution in [3.05, 3.63) is 126 Å². The Morgan fingerprint density at radius 2 is 0.943 bits per heavy atom. The Bertz CT molecular complexity index is 2450. The third-order valence-electron chi connectivity index (χ3n) is 12.0. The van der Waals surface area contributed by atoms with Crippen LogP contribution in [0.4, 0.5) is 0 Å². The number of ether oxygens (including phenoxy) is 4. The lowest BCUT2D eigenvalue weighted by Gasteiger charge is -2.33. The van der Waals surface area contributed by atoms with Crippen LogP contribution in [0.25, 0.3) is 0 Å². The molecule has 4 aromatic carbocycles. The van der Waals surface area contributed by atoms with E-state index in [0.29, 0.717) is 33.2 Å². The van der Waals surface area contributed by atoms with E-state index in [4.69, 9.17) is 65.4 Å². The Kier molecular flexibility index (Phi) is 21.2. The topological polar surface area (TPSA) is 190 Å². The van der Waals surface area contributed by atoms with Crippen molar-refractivity contribution in [2.24, 2.45) is 0 Å². The van der Waals surface area contributed by atoms with Gasteiger partial charge in [0.1, 0.15) is 0 Å². The molecule has 2 heterocycles. The summed E-state index contributed by atoms with van der Waals surface area (Å²) in [5, 5.41) is 17.3. The zero-order valence-corrected chi connectivity index (χ0v) is 43.8. The van der Waals surface area contributed by atoms with E-state index in [1.165, 1.54) is 0 Å². The minimum Gasteiger partial charge on any atom is -0.379 e. The van der Waals surface area contributed by atoms with Crippen LogP contribution in [0.2, 0.25) is 20.1 Å². The second kappa shape index (κ2) is 26.5. The highest BCUT2D eigenvalue weighted by atomic mass is 35.5. The molecule has 15 nitrogen and oxygen atoms in total. The maximum Gasteiger partial charge on any atom is 0.258 e. The average molecular weight is 1090 g/mol. The number of hydrogen-bond acceptors (Lipinski definition) is 13. The van der Waals surface area contributed by atoms with Gasteiger partial charge >= 0.3 is 0 Å². The van der Waals surface area contributed by atoms with Crippen molar-refractivity contribution in [3.8, 4) is 0 Å². The number of aliphatic hydroxyl groups is 1. The smallest absolute Gasteiger partial charge is 0.258 e. The summed E-state index contributed by atoms with van der Waals surface area (Å²) in [7, 11) is -3.03. The SMILES string of the molecule is CN1Cc2c(Cl)cc(Cl)cc2C(c2ccc(S(=O)(=O)CCCOCCOCCNC(=O)C(O)C(=O)NCCOCCOCCCS(=O)(=O)c3ccc(C4CN(C)Cc5c(Cl)cc(Cl)cc54)cc3)cc2)C1. The summed E-state index contributed by atoms with van der Waals surface area (Å²) >= 11 is 25.6. The van der Waals surface area contributed by atoms with E-state index in [1.807, 2.05) is 50.5 Å². The van der Waals surface area contributed by atoms with E-state index in [2.05, 4.69) is 20.4 Å². The molecule has 21 heteroatoms. The number of carbonyl (C=O) groups is 2. The van der Waals surface area contributed by atoms with Crippen LogP contribution in [0.3, 0.4) is 0 Å². The molecule has 3 N–H and O–H groups in total. The second-order valence-electron chi connectivity index (χ2n) is 17.3. The van der Waals surface area contributed by atoms with Crippen LogP contribution < -0.4 is 10.6 Å². The summed E-state index contributed by atoms with van der Waals surface area (Å²) in [5.41, 5.74) is 6.09. The molecule has 4 aromatic rings. The zero-order chi connectivity index (χ0) is 50.4. The number of aliphatic hydroxyl groups excluding tert-OH is 1. The van der Waals surface area contributed by atoms with Crippen molar-refractivity contribution in [1.82, 2.24) is 20.4 Å². The van der Waals surface area contributed by atoms with Gasteiger partial charge in [-0.25, -0.2) is 16.8 Å². The summed E-state index contributed by atoms with van der Waals surface area (Å²) in [6.45, 7) is 4.38. The highest BCUT2D eigenvalue weighted by Crippen LogP contribution is 2.40. The molecule has 0 bridgehead atoms. The van der Waals surface area contributed by atoms with E-state index in [-0.39, 0.29) is 112 Å². The molecule has 0 aliphatic carbocycles. The summed E-state index contributed by atoms with van der Waals surface area (Å²) < 4.78 is 74.0. The number of sulfone groups is 2. The summed E-state index contributed by atoms with van der Waals surface area (Å²) in [6.07, 6.45) is -1.35. The number of benzene rings is 4. The van der Waals surface area contributed by atoms with Crippen molar-refractivity contribution in [2.75, 3.05) is 105 Å². The van der Waals surface area contributed by atoms with Crippen molar-refractivity contribution < 1.29 is 50.5 Å². The van der Waals surface area contributed by atoms with Gasteiger partial charge in [0, 0.05) is 84.4 Å². The molecule has 0 saturated carbocycles. The number of likely N-dealkylation sites (N-methyl/N-ethyl adjacent to an activating group) is 2. The molecule has 0 radical (unpaired) electrons. The molecule has 0 fully saturated rings. The predicted molar refractivity (Wildman–Crippen MR) is 271 cm³/mol. The Hall–Kier alpha value is -3.40. The molecule has 2 aliphatic heterocycles. The number of halogens is 4. The van der Waals surface area contributed by atoms with Gasteiger partial charge in [0.15, 0.2) is 19.7 Å². The van der Waals surface area contributed by atoms with Gasteiger partial charge in [0.05, 0.1) is 60.9 Å². The van der Waals surface area contributed by atoms with Crippen LogP contribution in [0.5, 0.6) is 0 Å². The third-order valence-corrected chi connectivity index (χ3v) is 16.7. The summed E-state index contributed by atoms with van der Waals surface area (Å²) in [5.74, 6) is -1.95. The van der Waals surface area contributed by atoms with Crippen molar-refractivity contribution in [3.63, 3.8) is 0 Å². The minimum absolute atomic E-state index is 0.00139. The highest BCUT2D eigenvalue weighted by Gasteiger charge is 2.30. The van der Waals surface area contributed by atoms with Crippen molar-refractivity contribution in [1.29, 1.82) is 0 Å². The lowest BCUT2D eigenvalue weighted by molar-refractivity contribution is -0.141. The zero-order valence-electron chi connectivity index (χ0n) is 39.1. The first-order valence-corrected chi connectivity index (χ1v) is 27.8. The van der Waals surface area contributed by atoms with Gasteiger partial charge in [-0.3, -0.25) is 9.59 Å². The van der Waals surface area contributed by atoms with Gasteiger partial charge in [-0.05, 0) is 109 Å². The van der Waals surface area contributed by atoms with Crippen LogP contribution >= 0.6 is 46.4 Å². The quantitative estimate of drug-likeness (QED) is 0.0481. The first kappa shape index (κ1) is 55.9. The van der Waals surface area contributed by atoms with Gasteiger partial charge in [-0.2, -0.15) is 0 Å². The second-order valence-corrected chi connectivity index (χ2v) is 23.2. The Labute approximate surface area is 430 Å². The van der Waals surface area contributed by atoms with Crippen molar-refractivity contribution in [2.45, 2.75) is 53.7 Å². The molecule has 382 valence electrons. The Morgan fingerprint density at radius 1 is 0.586 bits per heavy atom. The highest BCUT2D eigenvalue weighted by molar-refractivity contribution is 7.91. The van der Waals surface area contributed by atoms with E-state index in [9.17, 15) is 31.5 Å². The summed E-state index contributed by atoms with van der Waals surface area (Å²) in [4.78, 5) is 29.3. The van der Waals surface area contributed by atoms with E-state index < -0.39 is 37.6 Å². The summed E-state index contributed by atoms with van der Waals surface area (Å²) in [6, 6.07) is 21.3. The number of nitrogens with one attached hydrogen (secondary N) is 2. The first-order chi connectivity index (χ1) is 33.4. The first-order valence-electron chi connectivity index (χ1n) is 23.0. The monoisotopic (exact) mass is 1080 g/mol. The number of rotatable bonds is 26. The van der Waals surface area contributed by atoms with Gasteiger partial charge in [-0.1, -0.05) is 70.7 Å². The number of fused-ring (bicyclic) bond motifs is 2. The average Bonchev–Trinajstić information content (AvgIpc) is 3.32. The minimum atomic E-state index is -3.53. The fraction of sp³-hybridized carbons (Fsp3) is 0.469. The maximum atomic E-state index is 13.0. The number of amides is 2. The van der Waals surface area contributed by atoms with Crippen LogP contribution in [0, 0.1) is 0 Å². The molecule has 2 aliphatic rings. The van der Waals surface area contributed by atoms with Crippen molar-refractivity contribution >= 4 is 77.9 Å². The molecule has 0 saturated heterocycles. The standard InChI is InChI=1S/C49H60Cl4N4O11S2/c1-56-29-41(39-25-35(50)27-45(52)43(39)31-56)33-5-9-37(10-6-33)69(61,62)23-3-15-65-19-21-67-17-13-54-48(59)47(58)49(60)55-14-18-68-22-20-66-16-4-24-70(63,64)38-11-7-34(8-12-38)42-30-57(2)32-44-40(42)26-36(51)28-46(44)53/h5-12,25-28,41-42,47,58H,3-4,13-24,29-32H2,1-2H3,(H,54,59)(H,55,60). The van der Waals surface area contributed by atoms with Gasteiger partial charge in [0.2, 0.25) is 6.10 Å². The molecule has 0 aromatic heterocycles. The largest absolute Gasteiger partial charge is 0.379 e. The lowest BCUT2D eigenvalue weighted by Crippen LogP contribution is -2.47. The van der Waals surface area contributed by atoms with Gasteiger partial charge < -0.3 is 44.5 Å². The normalized spacial score (nSPS) is 16.9. The molecule has 6 rings (SSSR count). The molecular weight excluding hydrogens is 1030 g/mol. The molecule has 70 heavy (non-hydrogen) atoms. The van der Waals surface area contributed by atoms with Crippen LogP contribution in [-0.4, -0.2) is 154 Å². The number of carbonyl (C=O) groups excluding carboxylic acids is 2. The van der Waals surface area contributed by atoms with E-state index >= 15 is 0 Å². The molecular formula is C49H60Cl4N4O11S2. The Morgan fingerprint density at radius 3 is 1.31 bits per heavy atom.